The Morgan fingerprint density at radius 1 is 0.606 bits per heavy atom. The summed E-state index contributed by atoms with van der Waals surface area (Å²) in [5.74, 6) is 0. The summed E-state index contributed by atoms with van der Waals surface area (Å²) in [5.41, 5.74) is -0.426. The minimum Gasteiger partial charge on any atom is -0.446 e. The molecule has 1 heterocycles. The molecule has 0 spiro atoms. The molecule has 1 saturated heterocycles. The molecule has 1 aromatic carbocycles. The molecule has 0 aliphatic carbocycles. The van der Waals surface area contributed by atoms with Gasteiger partial charge in [-0.1, -0.05) is 251 Å². The van der Waals surface area contributed by atoms with Crippen molar-refractivity contribution in [2.45, 2.75) is 300 Å². The number of para-hydroxylation sites is 2. The van der Waals surface area contributed by atoms with Crippen LogP contribution in [0.25, 0.3) is 0 Å². The first kappa shape index (κ1) is 64.7. The van der Waals surface area contributed by atoms with Gasteiger partial charge < -0.3 is 45.1 Å². The number of ether oxygens (including phenoxy) is 3. The third kappa shape index (κ3) is 31.8. The van der Waals surface area contributed by atoms with Gasteiger partial charge in [0.25, 0.3) is 5.69 Å². The average Bonchev–Trinajstić information content (AvgIpc) is 3.36. The lowest BCUT2D eigenvalue weighted by atomic mass is 9.98. The molecule has 71 heavy (non-hydrogen) atoms. The first-order valence-corrected chi connectivity index (χ1v) is 29.2. The van der Waals surface area contributed by atoms with Crippen LogP contribution in [-0.2, 0) is 14.2 Å². The average molecular weight is 1010 g/mol. The highest BCUT2D eigenvalue weighted by molar-refractivity contribution is 5.87. The Morgan fingerprint density at radius 2 is 1.01 bits per heavy atom. The van der Waals surface area contributed by atoms with Crippen LogP contribution < -0.4 is 10.6 Å². The molecule has 1 amide bonds. The minimum absolute atomic E-state index is 0.0894. The second kappa shape index (κ2) is 43.9. The van der Waals surface area contributed by atoms with E-state index in [1.165, 1.54) is 217 Å². The van der Waals surface area contributed by atoms with Gasteiger partial charge >= 0.3 is 6.09 Å². The maximum absolute atomic E-state index is 12.6. The number of unbranched alkanes of at least 4 members (excludes halogenated alkanes) is 34. The van der Waals surface area contributed by atoms with Gasteiger partial charge in [0.15, 0.2) is 6.29 Å². The summed E-state index contributed by atoms with van der Waals surface area (Å²) in [4.78, 5) is 23.3. The predicted molar refractivity (Wildman–Crippen MR) is 287 cm³/mol. The zero-order valence-corrected chi connectivity index (χ0v) is 44.8. The largest absolute Gasteiger partial charge is 0.446 e. The van der Waals surface area contributed by atoms with Crippen molar-refractivity contribution in [1.82, 2.24) is 5.32 Å². The van der Waals surface area contributed by atoms with Crippen LogP contribution >= 0.6 is 0 Å². The van der Waals surface area contributed by atoms with Crippen molar-refractivity contribution in [2.24, 2.45) is 0 Å². The van der Waals surface area contributed by atoms with E-state index in [9.17, 15) is 40.4 Å². The molecule has 2 rings (SSSR count). The molecule has 0 unspecified atom stereocenters. The van der Waals surface area contributed by atoms with Crippen LogP contribution in [0.15, 0.2) is 24.3 Å². The number of hydrogen-bond acceptors (Lipinski definition) is 12. The van der Waals surface area contributed by atoms with Gasteiger partial charge in [0.05, 0.1) is 29.8 Å². The fourth-order valence-corrected chi connectivity index (χ4v) is 9.72. The van der Waals surface area contributed by atoms with E-state index in [0.29, 0.717) is 13.0 Å². The smallest absolute Gasteiger partial charge is 0.411 e. The van der Waals surface area contributed by atoms with E-state index in [2.05, 4.69) is 24.5 Å². The Hall–Kier alpha value is -2.43. The molecular formula is C57H105N3O11. The molecule has 8 atom stereocenters. The summed E-state index contributed by atoms with van der Waals surface area (Å²) >= 11 is 0. The highest BCUT2D eigenvalue weighted by Crippen LogP contribution is 2.26. The lowest BCUT2D eigenvalue weighted by Crippen LogP contribution is -2.60. The normalized spacial score (nSPS) is 19.4. The number of amides is 1. The molecule has 0 saturated carbocycles. The number of benzene rings is 1. The van der Waals surface area contributed by atoms with Crippen LogP contribution in [0.4, 0.5) is 16.2 Å². The number of aliphatic hydroxyl groups excluding tert-OH is 5. The number of nitrogens with zero attached hydrogens (tertiary/aromatic N) is 1. The van der Waals surface area contributed by atoms with E-state index in [-0.39, 0.29) is 18.0 Å². The number of nitro benzene ring substituents is 1. The number of anilines is 1. The number of rotatable bonds is 48. The molecule has 14 nitrogen and oxygen atoms in total. The van der Waals surface area contributed by atoms with Crippen molar-refractivity contribution in [2.75, 3.05) is 25.1 Å². The number of hydrogen-bond donors (Lipinski definition) is 7. The summed E-state index contributed by atoms with van der Waals surface area (Å²) in [5, 5.41) is 71.8. The first-order valence-electron chi connectivity index (χ1n) is 29.2. The number of nitrogens with one attached hydrogen (secondary N) is 2. The Labute approximate surface area is 430 Å². The molecular weight excluding hydrogens is 903 g/mol. The highest BCUT2D eigenvalue weighted by Gasteiger charge is 2.45. The lowest BCUT2D eigenvalue weighted by molar-refractivity contribution is -0.383. The minimum atomic E-state index is -1.72. The van der Waals surface area contributed by atoms with Crippen molar-refractivity contribution in [3.63, 3.8) is 0 Å². The molecule has 0 bridgehead atoms. The Balaban J connectivity index is 1.72. The first-order chi connectivity index (χ1) is 34.6. The van der Waals surface area contributed by atoms with Crippen molar-refractivity contribution in [1.29, 1.82) is 0 Å². The predicted octanol–water partition coefficient (Wildman–Crippen LogP) is 13.1. The SMILES string of the molecule is CCCCCCCCCCCCCCCCCCCCCCCCCCN[C@@H](CO[C@@H]1O[C@H](COC(=O)Nc2ccccc2[N+](=O)[O-])[C@H](O)[C@H](O)[C@H]1O)[C@H](O)[C@H](O)CCCCCCCCCCCCCC. The van der Waals surface area contributed by atoms with Gasteiger partial charge in [-0.05, 0) is 25.5 Å². The number of nitro groups is 1. The molecule has 1 fully saturated rings. The standard InChI is InChI=1S/C57H105N3O11/c1-3-5-7-9-11-13-15-17-18-19-20-21-22-23-24-25-26-27-28-30-32-34-36-40-44-58-48(52(62)50(61)43-37-35-33-31-29-16-14-12-10-8-6-4-2)45-69-56-55(65)54(64)53(63)51(71-56)46-70-57(66)59-47-41-38-39-42-49(47)60(67)68/h38-39,41-42,48,50-56,58,61-65H,3-37,40,43-46H2,1-2H3,(H,59,66)/t48-,50+,51+,52-,53-,54-,55+,56+/m0/s1. The quantitative estimate of drug-likeness (QED) is 0.0185. The van der Waals surface area contributed by atoms with Gasteiger partial charge in [0.2, 0.25) is 0 Å². The van der Waals surface area contributed by atoms with Crippen LogP contribution in [0.3, 0.4) is 0 Å². The van der Waals surface area contributed by atoms with E-state index in [1.807, 2.05) is 0 Å². The highest BCUT2D eigenvalue weighted by atomic mass is 16.7. The maximum Gasteiger partial charge on any atom is 0.411 e. The molecule has 1 aromatic rings. The molecule has 0 aromatic heterocycles. The molecule has 1 aliphatic heterocycles. The van der Waals surface area contributed by atoms with E-state index in [0.717, 1.165) is 38.5 Å². The second-order valence-electron chi connectivity index (χ2n) is 20.8. The molecule has 14 heteroatoms. The van der Waals surface area contributed by atoms with Crippen LogP contribution in [0.5, 0.6) is 0 Å². The van der Waals surface area contributed by atoms with Gasteiger partial charge in [0.1, 0.15) is 36.7 Å². The fraction of sp³-hybridized carbons (Fsp3) is 0.877. The molecule has 414 valence electrons. The monoisotopic (exact) mass is 1010 g/mol. The lowest BCUT2D eigenvalue weighted by Gasteiger charge is -2.40. The van der Waals surface area contributed by atoms with Crippen molar-refractivity contribution in [3.8, 4) is 0 Å². The Kier molecular flexibility index (Phi) is 40.0. The number of aliphatic hydroxyl groups is 5. The Bertz CT molecular complexity index is 1410. The third-order valence-electron chi connectivity index (χ3n) is 14.4. The number of carbonyl (C=O) groups is 1. The van der Waals surface area contributed by atoms with Crippen molar-refractivity contribution in [3.05, 3.63) is 34.4 Å². The van der Waals surface area contributed by atoms with E-state index in [4.69, 9.17) is 14.2 Å². The van der Waals surface area contributed by atoms with Crippen LogP contribution in [-0.4, -0.2) is 105 Å². The Morgan fingerprint density at radius 3 is 1.45 bits per heavy atom. The molecule has 7 N–H and O–H groups in total. The van der Waals surface area contributed by atoms with E-state index >= 15 is 0 Å². The van der Waals surface area contributed by atoms with Crippen molar-refractivity contribution < 1.29 is 49.5 Å². The van der Waals surface area contributed by atoms with Crippen molar-refractivity contribution >= 4 is 17.5 Å². The molecule has 1 aliphatic rings. The van der Waals surface area contributed by atoms with Gasteiger partial charge in [-0.15, -0.1) is 0 Å². The van der Waals surface area contributed by atoms with Crippen LogP contribution in [0.1, 0.15) is 251 Å². The summed E-state index contributed by atoms with van der Waals surface area (Å²) in [6, 6.07) is 4.81. The summed E-state index contributed by atoms with van der Waals surface area (Å²) in [6.07, 6.45) is 35.5. The van der Waals surface area contributed by atoms with Crippen LogP contribution in [0, 0.1) is 10.1 Å². The molecule has 0 radical (unpaired) electrons. The maximum atomic E-state index is 12.6. The zero-order valence-electron chi connectivity index (χ0n) is 44.8. The third-order valence-corrected chi connectivity index (χ3v) is 14.4. The van der Waals surface area contributed by atoms with E-state index in [1.54, 1.807) is 0 Å². The van der Waals surface area contributed by atoms with Crippen LogP contribution in [0.2, 0.25) is 0 Å². The summed E-state index contributed by atoms with van der Waals surface area (Å²) < 4.78 is 16.9. The van der Waals surface area contributed by atoms with Gasteiger partial charge in [-0.25, -0.2) is 4.79 Å². The fourth-order valence-electron chi connectivity index (χ4n) is 9.72. The van der Waals surface area contributed by atoms with Gasteiger partial charge in [-0.2, -0.15) is 0 Å². The summed E-state index contributed by atoms with van der Waals surface area (Å²) in [7, 11) is 0. The number of carbonyl (C=O) groups excluding carboxylic acids is 1. The zero-order chi connectivity index (χ0) is 51.6. The summed E-state index contributed by atoms with van der Waals surface area (Å²) in [6.45, 7) is 4.34. The second-order valence-corrected chi connectivity index (χ2v) is 20.8. The topological polar surface area (TPSA) is 213 Å². The van der Waals surface area contributed by atoms with Gasteiger partial charge in [0, 0.05) is 6.07 Å². The van der Waals surface area contributed by atoms with Gasteiger partial charge in [-0.3, -0.25) is 15.4 Å². The van der Waals surface area contributed by atoms with E-state index < -0.39 is 66.6 Å².